The number of ether oxygens (including phenoxy) is 4. The maximum absolute atomic E-state index is 13.0. The summed E-state index contributed by atoms with van der Waals surface area (Å²) in [6.07, 6.45) is 12.1. The van der Waals surface area contributed by atoms with E-state index < -0.39 is 18.2 Å². The molecule has 1 aromatic heterocycles. The number of esters is 1. The fraction of sp³-hybridized carbons (Fsp3) is 0.606. The van der Waals surface area contributed by atoms with Crippen molar-refractivity contribution < 1.29 is 33.3 Å². The van der Waals surface area contributed by atoms with Crippen LogP contribution < -0.4 is 0 Å². The predicted octanol–water partition coefficient (Wildman–Crippen LogP) is 5.89. The molecule has 1 unspecified atom stereocenters. The highest BCUT2D eigenvalue weighted by Gasteiger charge is 2.43. The second kappa shape index (κ2) is 13.5. The molecule has 4 aliphatic rings. The van der Waals surface area contributed by atoms with Gasteiger partial charge in [0.2, 0.25) is 5.89 Å². The zero-order valence-corrected chi connectivity index (χ0v) is 24.7. The van der Waals surface area contributed by atoms with Crippen LogP contribution in [0.5, 0.6) is 0 Å². The first-order valence-corrected chi connectivity index (χ1v) is 15.0. The van der Waals surface area contributed by atoms with Gasteiger partial charge in [-0.15, -0.1) is 0 Å². The van der Waals surface area contributed by atoms with Crippen molar-refractivity contribution in [1.29, 1.82) is 0 Å². The summed E-state index contributed by atoms with van der Waals surface area (Å²) in [4.78, 5) is 21.1. The molecule has 10 atom stereocenters. The first-order chi connectivity index (χ1) is 20.2. The van der Waals surface area contributed by atoms with Crippen LogP contribution in [0.2, 0.25) is 0 Å². The number of carbonyl (C=O) groups excluding carboxylic acids is 1. The SMILES string of the molecule is [C-]#[N+]/C=C(\C)[C@@H]1O[C@@H]2C/C=C/c3nc(co3)[C@H]3C[C@H](O)C[C@@H](C[C@H]4CC(=C)C[C@H](C/C=C\C(=O)OC([C@H]2C)[C@H]1C)O4)O3. The summed E-state index contributed by atoms with van der Waals surface area (Å²) < 4.78 is 31.0. The summed E-state index contributed by atoms with van der Waals surface area (Å²) in [6.45, 7) is 17.4. The van der Waals surface area contributed by atoms with Crippen LogP contribution >= 0.6 is 0 Å². The molecule has 0 saturated carbocycles. The zero-order chi connectivity index (χ0) is 29.8. The second-order valence-corrected chi connectivity index (χ2v) is 12.2. The van der Waals surface area contributed by atoms with Gasteiger partial charge >= 0.3 is 5.97 Å². The molecule has 5 rings (SSSR count). The van der Waals surface area contributed by atoms with Gasteiger partial charge in [0.05, 0.1) is 43.2 Å². The lowest BCUT2D eigenvalue weighted by Crippen LogP contribution is -2.50. The highest BCUT2D eigenvalue weighted by Crippen LogP contribution is 2.38. The van der Waals surface area contributed by atoms with Crippen molar-refractivity contribution in [3.05, 3.63) is 71.4 Å². The molecule has 9 nitrogen and oxygen atoms in total. The molecule has 0 spiro atoms. The topological polar surface area (TPSA) is 105 Å². The van der Waals surface area contributed by atoms with E-state index in [-0.39, 0.29) is 48.5 Å². The molecule has 3 fully saturated rings. The van der Waals surface area contributed by atoms with Crippen molar-refractivity contribution in [3.63, 3.8) is 0 Å². The highest BCUT2D eigenvalue weighted by molar-refractivity contribution is 5.82. The second-order valence-electron chi connectivity index (χ2n) is 12.2. The average molecular weight is 579 g/mol. The van der Waals surface area contributed by atoms with E-state index >= 15 is 0 Å². The minimum absolute atomic E-state index is 0.0815. The van der Waals surface area contributed by atoms with Crippen LogP contribution in [0.1, 0.15) is 83.4 Å². The molecule has 5 heterocycles. The first kappa shape index (κ1) is 30.4. The van der Waals surface area contributed by atoms with Crippen LogP contribution in [-0.4, -0.2) is 58.8 Å². The van der Waals surface area contributed by atoms with Gasteiger partial charge in [-0.25, -0.2) is 14.6 Å². The molecule has 0 aliphatic carbocycles. The number of fused-ring (bicyclic) bond motifs is 9. The Morgan fingerprint density at radius 2 is 1.83 bits per heavy atom. The molecule has 0 aromatic carbocycles. The summed E-state index contributed by atoms with van der Waals surface area (Å²) >= 11 is 0. The van der Waals surface area contributed by atoms with Gasteiger partial charge < -0.3 is 28.5 Å². The largest absolute Gasteiger partial charge is 0.458 e. The van der Waals surface area contributed by atoms with Gasteiger partial charge in [-0.3, -0.25) is 0 Å². The summed E-state index contributed by atoms with van der Waals surface area (Å²) in [6, 6.07) is 0. The Kier molecular flexibility index (Phi) is 9.79. The molecule has 0 radical (unpaired) electrons. The number of aromatic nitrogens is 1. The minimum Gasteiger partial charge on any atom is -0.458 e. The molecular formula is C33H42N2O7. The molecule has 3 saturated heterocycles. The van der Waals surface area contributed by atoms with E-state index in [9.17, 15) is 9.90 Å². The Morgan fingerprint density at radius 3 is 2.64 bits per heavy atom. The number of aliphatic hydroxyl groups excluding tert-OH is 1. The third-order valence-corrected chi connectivity index (χ3v) is 8.86. The normalized spacial score (nSPS) is 39.7. The van der Waals surface area contributed by atoms with Gasteiger partial charge in [0, 0.05) is 30.8 Å². The van der Waals surface area contributed by atoms with Crippen LogP contribution in [0, 0.1) is 18.4 Å². The quantitative estimate of drug-likeness (QED) is 0.250. The average Bonchev–Trinajstić information content (AvgIpc) is 3.40. The fourth-order valence-corrected chi connectivity index (χ4v) is 6.80. The Bertz CT molecular complexity index is 1260. The summed E-state index contributed by atoms with van der Waals surface area (Å²) in [5, 5.41) is 10.6. The molecule has 1 N–H and O–H groups in total. The Balaban J connectivity index is 1.42. The molecule has 1 aromatic rings. The number of rotatable bonds is 1. The lowest BCUT2D eigenvalue weighted by atomic mass is 9.79. The van der Waals surface area contributed by atoms with Crippen molar-refractivity contribution in [1.82, 2.24) is 4.98 Å². The van der Waals surface area contributed by atoms with Crippen molar-refractivity contribution in [2.45, 2.75) is 115 Å². The van der Waals surface area contributed by atoms with Crippen molar-refractivity contribution >= 4 is 12.0 Å². The Morgan fingerprint density at radius 1 is 1.05 bits per heavy atom. The van der Waals surface area contributed by atoms with E-state index in [1.165, 1.54) is 12.3 Å². The van der Waals surface area contributed by atoms with Crippen molar-refractivity contribution in [3.8, 4) is 0 Å². The van der Waals surface area contributed by atoms with Crippen LogP contribution in [0.3, 0.4) is 0 Å². The summed E-state index contributed by atoms with van der Waals surface area (Å²) in [7, 11) is 0. The number of oxazole rings is 1. The number of nitrogens with zero attached hydrogens (tertiary/aromatic N) is 2. The highest BCUT2D eigenvalue weighted by atomic mass is 16.6. The zero-order valence-electron chi connectivity index (χ0n) is 24.7. The smallest absolute Gasteiger partial charge is 0.330 e. The number of hydrogen-bond donors (Lipinski definition) is 1. The number of hydrogen-bond acceptors (Lipinski definition) is 8. The van der Waals surface area contributed by atoms with Gasteiger partial charge in [0.25, 0.3) is 0 Å². The van der Waals surface area contributed by atoms with Crippen LogP contribution in [0.4, 0.5) is 0 Å². The monoisotopic (exact) mass is 578 g/mol. The van der Waals surface area contributed by atoms with Gasteiger partial charge in [-0.1, -0.05) is 45.1 Å². The minimum atomic E-state index is -0.504. The first-order valence-electron chi connectivity index (χ1n) is 15.0. The van der Waals surface area contributed by atoms with E-state index in [2.05, 4.69) is 16.4 Å². The van der Waals surface area contributed by atoms with E-state index in [1.807, 2.05) is 32.9 Å². The van der Waals surface area contributed by atoms with Crippen LogP contribution in [-0.2, 0) is 23.7 Å². The van der Waals surface area contributed by atoms with E-state index in [0.29, 0.717) is 43.7 Å². The molecular weight excluding hydrogens is 536 g/mol. The van der Waals surface area contributed by atoms with Gasteiger partial charge in [-0.2, -0.15) is 0 Å². The Labute approximate surface area is 248 Å². The molecule has 8 bridgehead atoms. The van der Waals surface area contributed by atoms with Crippen molar-refractivity contribution in [2.75, 3.05) is 0 Å². The Hall–Kier alpha value is -3.03. The lowest BCUT2D eigenvalue weighted by molar-refractivity contribution is -0.180. The standard InChI is InChI=1S/C33H42N2O7/c1-19-12-24-8-6-11-31(37)42-33-21(3)28(41-32(22(33)4)20(2)17-34-5)9-7-10-30-35-27(18-38-30)29-15-23(36)14-26(40-29)16-25(13-19)39-24/h6-7,10-11,17-18,21-26,28-29,32-33,36H,1,8-9,12-16H2,2-4H3/b10-7+,11-6-,20-17+/t21-,22-,23+,24-,25+,26-,28+,29+,32-,33?/m0/s1. The van der Waals surface area contributed by atoms with E-state index in [4.69, 9.17) is 29.9 Å². The van der Waals surface area contributed by atoms with Gasteiger partial charge in [0.1, 0.15) is 24.2 Å². The van der Waals surface area contributed by atoms with E-state index in [1.54, 1.807) is 12.3 Å². The molecule has 0 amide bonds. The number of carbonyl (C=O) groups is 1. The molecule has 4 aliphatic heterocycles. The van der Waals surface area contributed by atoms with Crippen LogP contribution in [0.15, 0.2) is 52.8 Å². The van der Waals surface area contributed by atoms with Crippen molar-refractivity contribution in [2.24, 2.45) is 11.8 Å². The maximum atomic E-state index is 13.0. The summed E-state index contributed by atoms with van der Waals surface area (Å²) in [5.41, 5.74) is 2.57. The molecule has 226 valence electrons. The lowest BCUT2D eigenvalue weighted by Gasteiger charge is -2.44. The maximum Gasteiger partial charge on any atom is 0.330 e. The van der Waals surface area contributed by atoms with Gasteiger partial charge in [0.15, 0.2) is 6.20 Å². The van der Waals surface area contributed by atoms with E-state index in [0.717, 1.165) is 24.0 Å². The number of aliphatic hydroxyl groups is 1. The summed E-state index contributed by atoms with van der Waals surface area (Å²) in [5.74, 6) is -0.183. The third-order valence-electron chi connectivity index (χ3n) is 8.86. The molecule has 9 heteroatoms. The molecule has 42 heavy (non-hydrogen) atoms. The predicted molar refractivity (Wildman–Crippen MR) is 156 cm³/mol. The van der Waals surface area contributed by atoms with Crippen LogP contribution in [0.25, 0.3) is 10.9 Å². The third kappa shape index (κ3) is 7.30. The fourth-order valence-electron chi connectivity index (χ4n) is 6.80. The van der Waals surface area contributed by atoms with Gasteiger partial charge in [-0.05, 0) is 43.8 Å².